The Hall–Kier alpha value is -1.55. The minimum atomic E-state index is -0.429. The summed E-state index contributed by atoms with van der Waals surface area (Å²) in [6.45, 7) is 8.03. The van der Waals surface area contributed by atoms with E-state index in [0.29, 0.717) is 12.6 Å². The monoisotopic (exact) mass is 290 g/mol. The Morgan fingerprint density at radius 1 is 1.29 bits per heavy atom. The van der Waals surface area contributed by atoms with E-state index < -0.39 is 5.60 Å². The van der Waals surface area contributed by atoms with E-state index in [0.717, 1.165) is 25.9 Å². The van der Waals surface area contributed by atoms with Crippen molar-refractivity contribution in [1.29, 1.82) is 0 Å². The van der Waals surface area contributed by atoms with E-state index in [1.165, 1.54) is 5.56 Å². The fraction of sp³-hybridized carbons (Fsp3) is 0.588. The van der Waals surface area contributed by atoms with Crippen LogP contribution >= 0.6 is 0 Å². The number of nitrogens with zero attached hydrogens (tertiary/aromatic N) is 1. The van der Waals surface area contributed by atoms with Gasteiger partial charge in [-0.05, 0) is 39.2 Å². The van der Waals surface area contributed by atoms with E-state index in [-0.39, 0.29) is 6.09 Å². The third-order valence-corrected chi connectivity index (χ3v) is 3.32. The highest BCUT2D eigenvalue weighted by Crippen LogP contribution is 2.28. The molecule has 1 saturated carbocycles. The molecule has 1 N–H and O–H groups in total. The quantitative estimate of drug-likeness (QED) is 0.818. The molecule has 0 atom stereocenters. The third-order valence-electron chi connectivity index (χ3n) is 3.32. The fourth-order valence-electron chi connectivity index (χ4n) is 2.16. The number of carbonyl (C=O) groups excluding carboxylic acids is 1. The Labute approximate surface area is 127 Å². The zero-order valence-electron chi connectivity index (χ0n) is 13.3. The molecule has 116 valence electrons. The summed E-state index contributed by atoms with van der Waals surface area (Å²) in [5.74, 6) is 0. The van der Waals surface area contributed by atoms with Crippen molar-refractivity contribution in [3.63, 3.8) is 0 Å². The van der Waals surface area contributed by atoms with Gasteiger partial charge < -0.3 is 15.0 Å². The molecule has 0 unspecified atom stereocenters. The molecule has 2 rings (SSSR count). The van der Waals surface area contributed by atoms with Gasteiger partial charge in [-0.1, -0.05) is 30.3 Å². The zero-order chi connectivity index (χ0) is 15.3. The second-order valence-corrected chi connectivity index (χ2v) is 6.57. The van der Waals surface area contributed by atoms with Crippen LogP contribution in [0.4, 0.5) is 4.79 Å². The summed E-state index contributed by atoms with van der Waals surface area (Å²) >= 11 is 0. The highest BCUT2D eigenvalue weighted by molar-refractivity contribution is 5.69. The molecule has 1 aliphatic rings. The Bertz CT molecular complexity index is 450. The van der Waals surface area contributed by atoms with Gasteiger partial charge in [0.15, 0.2) is 0 Å². The standard InChI is InChI=1S/C17H26N2O2/c1-17(2,3)21-16(20)19(15-9-10-15)12-11-18-13-14-7-5-4-6-8-14/h4-8,15,18H,9-13H2,1-3H3. The lowest BCUT2D eigenvalue weighted by molar-refractivity contribution is 0.0236. The predicted molar refractivity (Wildman–Crippen MR) is 84.1 cm³/mol. The number of hydrogen-bond acceptors (Lipinski definition) is 3. The van der Waals surface area contributed by atoms with Crippen LogP contribution < -0.4 is 5.32 Å². The Balaban J connectivity index is 1.74. The third kappa shape index (κ3) is 5.76. The van der Waals surface area contributed by atoms with E-state index in [2.05, 4.69) is 17.4 Å². The second-order valence-electron chi connectivity index (χ2n) is 6.57. The first-order valence-electron chi connectivity index (χ1n) is 7.70. The SMILES string of the molecule is CC(C)(C)OC(=O)N(CCNCc1ccccc1)C1CC1. The van der Waals surface area contributed by atoms with Gasteiger partial charge in [0.05, 0.1) is 0 Å². The van der Waals surface area contributed by atoms with Crippen LogP contribution in [0.2, 0.25) is 0 Å². The van der Waals surface area contributed by atoms with Gasteiger partial charge >= 0.3 is 6.09 Å². The summed E-state index contributed by atoms with van der Waals surface area (Å²) in [5, 5.41) is 3.38. The normalized spacial score (nSPS) is 14.8. The molecule has 0 saturated heterocycles. The predicted octanol–water partition coefficient (Wildman–Crippen LogP) is 3.18. The molecule has 1 aliphatic carbocycles. The molecule has 1 aromatic carbocycles. The molecule has 0 spiro atoms. The maximum atomic E-state index is 12.2. The van der Waals surface area contributed by atoms with Gasteiger partial charge in [0.25, 0.3) is 0 Å². The number of benzene rings is 1. The van der Waals surface area contributed by atoms with Crippen molar-refractivity contribution in [1.82, 2.24) is 10.2 Å². The molecular weight excluding hydrogens is 264 g/mol. The molecule has 4 heteroatoms. The summed E-state index contributed by atoms with van der Waals surface area (Å²) in [5.41, 5.74) is 0.828. The first kappa shape index (κ1) is 15.8. The van der Waals surface area contributed by atoms with E-state index in [1.54, 1.807) is 0 Å². The molecule has 0 aliphatic heterocycles. The highest BCUT2D eigenvalue weighted by atomic mass is 16.6. The average Bonchev–Trinajstić information content (AvgIpc) is 3.22. The molecule has 21 heavy (non-hydrogen) atoms. The van der Waals surface area contributed by atoms with Crippen LogP contribution in [-0.2, 0) is 11.3 Å². The van der Waals surface area contributed by atoms with Gasteiger partial charge in [-0.15, -0.1) is 0 Å². The maximum absolute atomic E-state index is 12.2. The van der Waals surface area contributed by atoms with Crippen LogP contribution in [0, 0.1) is 0 Å². The van der Waals surface area contributed by atoms with Crippen molar-refractivity contribution in [3.8, 4) is 0 Å². The molecule has 1 amide bonds. The molecule has 1 aromatic rings. The van der Waals surface area contributed by atoms with Crippen LogP contribution in [0.15, 0.2) is 30.3 Å². The largest absolute Gasteiger partial charge is 0.444 e. The van der Waals surface area contributed by atoms with Gasteiger partial charge in [0.2, 0.25) is 0 Å². The van der Waals surface area contributed by atoms with Crippen molar-refractivity contribution in [2.24, 2.45) is 0 Å². The number of nitrogens with one attached hydrogen (secondary N) is 1. The first-order valence-corrected chi connectivity index (χ1v) is 7.70. The van der Waals surface area contributed by atoms with Gasteiger partial charge in [-0.2, -0.15) is 0 Å². The van der Waals surface area contributed by atoms with Crippen molar-refractivity contribution >= 4 is 6.09 Å². The average molecular weight is 290 g/mol. The molecule has 0 radical (unpaired) electrons. The number of ether oxygens (including phenoxy) is 1. The molecular formula is C17H26N2O2. The van der Waals surface area contributed by atoms with Gasteiger partial charge in [-0.25, -0.2) is 4.79 Å². The molecule has 1 fully saturated rings. The van der Waals surface area contributed by atoms with Crippen molar-refractivity contribution in [2.75, 3.05) is 13.1 Å². The highest BCUT2D eigenvalue weighted by Gasteiger charge is 2.34. The lowest BCUT2D eigenvalue weighted by atomic mass is 10.2. The first-order chi connectivity index (χ1) is 9.96. The van der Waals surface area contributed by atoms with Crippen LogP contribution in [0.3, 0.4) is 0 Å². The van der Waals surface area contributed by atoms with E-state index in [1.807, 2.05) is 43.9 Å². The smallest absolute Gasteiger partial charge is 0.410 e. The minimum Gasteiger partial charge on any atom is -0.444 e. The molecule has 4 nitrogen and oxygen atoms in total. The van der Waals surface area contributed by atoms with Crippen molar-refractivity contribution in [2.45, 2.75) is 51.8 Å². The maximum Gasteiger partial charge on any atom is 0.410 e. The van der Waals surface area contributed by atoms with E-state index >= 15 is 0 Å². The van der Waals surface area contributed by atoms with Crippen LogP contribution in [-0.4, -0.2) is 35.7 Å². The summed E-state index contributed by atoms with van der Waals surface area (Å²) in [6, 6.07) is 10.7. The van der Waals surface area contributed by atoms with E-state index in [9.17, 15) is 4.79 Å². The second kappa shape index (κ2) is 6.94. The molecule has 0 aromatic heterocycles. The Morgan fingerprint density at radius 2 is 1.95 bits per heavy atom. The van der Waals surface area contributed by atoms with Crippen LogP contribution in [0.5, 0.6) is 0 Å². The topological polar surface area (TPSA) is 41.6 Å². The van der Waals surface area contributed by atoms with Gasteiger partial charge in [0, 0.05) is 25.7 Å². The Morgan fingerprint density at radius 3 is 2.52 bits per heavy atom. The van der Waals surface area contributed by atoms with Gasteiger partial charge in [-0.3, -0.25) is 0 Å². The summed E-state index contributed by atoms with van der Waals surface area (Å²) in [4.78, 5) is 14.0. The van der Waals surface area contributed by atoms with Crippen molar-refractivity contribution < 1.29 is 9.53 Å². The summed E-state index contributed by atoms with van der Waals surface area (Å²) in [7, 11) is 0. The zero-order valence-corrected chi connectivity index (χ0v) is 13.3. The number of amides is 1. The van der Waals surface area contributed by atoms with Crippen LogP contribution in [0.1, 0.15) is 39.2 Å². The minimum absolute atomic E-state index is 0.188. The lowest BCUT2D eigenvalue weighted by Crippen LogP contribution is -2.41. The molecule has 0 heterocycles. The number of hydrogen-bond donors (Lipinski definition) is 1. The Kier molecular flexibility index (Phi) is 5.23. The summed E-state index contributed by atoms with van der Waals surface area (Å²) in [6.07, 6.45) is 2.00. The molecule has 0 bridgehead atoms. The fourth-order valence-corrected chi connectivity index (χ4v) is 2.16. The summed E-state index contributed by atoms with van der Waals surface area (Å²) < 4.78 is 5.48. The lowest BCUT2D eigenvalue weighted by Gasteiger charge is -2.27. The van der Waals surface area contributed by atoms with E-state index in [4.69, 9.17) is 4.74 Å². The van der Waals surface area contributed by atoms with Crippen molar-refractivity contribution in [3.05, 3.63) is 35.9 Å². The van der Waals surface area contributed by atoms with Crippen LogP contribution in [0.25, 0.3) is 0 Å². The van der Waals surface area contributed by atoms with Gasteiger partial charge in [0.1, 0.15) is 5.60 Å². The number of carbonyl (C=O) groups is 1. The number of rotatable bonds is 6.